The fourth-order valence-electron chi connectivity index (χ4n) is 3.68. The van der Waals surface area contributed by atoms with Crippen LogP contribution < -0.4 is 25.7 Å². The standard InChI is InChI=1S/C24H24N4O4/c1-15-5-6-16(23(29)27-18-7-8-18)13-19(15)28-10-9-25-22(24(28)30)26-14-17-3-2-4-20-21(17)32-12-11-31-20/h2-6,9-10,13,18H,7-8,11-12,14H2,1H3,(H,25,26)(H,27,29). The van der Waals surface area contributed by atoms with Gasteiger partial charge in [-0.1, -0.05) is 18.2 Å². The normalized spacial score (nSPS) is 14.7. The second-order valence-corrected chi connectivity index (χ2v) is 7.99. The Bertz CT molecular complexity index is 1230. The SMILES string of the molecule is Cc1ccc(C(=O)NC2CC2)cc1-n1ccnc(NCc2cccc3c2OCCO3)c1=O. The van der Waals surface area contributed by atoms with E-state index in [0.29, 0.717) is 42.5 Å². The molecular weight excluding hydrogens is 408 g/mol. The zero-order chi connectivity index (χ0) is 22.1. The molecule has 1 aliphatic heterocycles. The lowest BCUT2D eigenvalue weighted by Crippen LogP contribution is -2.27. The summed E-state index contributed by atoms with van der Waals surface area (Å²) in [6.07, 6.45) is 5.22. The van der Waals surface area contributed by atoms with Crippen LogP contribution in [0.25, 0.3) is 5.69 Å². The lowest BCUT2D eigenvalue weighted by Gasteiger charge is -2.21. The maximum atomic E-state index is 13.2. The number of fused-ring (bicyclic) bond motifs is 1. The first-order chi connectivity index (χ1) is 15.6. The van der Waals surface area contributed by atoms with E-state index in [-0.39, 0.29) is 23.3 Å². The lowest BCUT2D eigenvalue weighted by atomic mass is 10.1. The smallest absolute Gasteiger partial charge is 0.297 e. The molecule has 0 bridgehead atoms. The van der Waals surface area contributed by atoms with E-state index >= 15 is 0 Å². The van der Waals surface area contributed by atoms with Gasteiger partial charge in [-0.15, -0.1) is 0 Å². The molecule has 2 N–H and O–H groups in total. The molecule has 2 aliphatic rings. The van der Waals surface area contributed by atoms with Crippen molar-refractivity contribution in [3.63, 3.8) is 0 Å². The summed E-state index contributed by atoms with van der Waals surface area (Å²) in [6.45, 7) is 3.28. The monoisotopic (exact) mass is 432 g/mol. The van der Waals surface area contributed by atoms with Crippen molar-refractivity contribution < 1.29 is 14.3 Å². The predicted octanol–water partition coefficient (Wildman–Crippen LogP) is 2.82. The Hall–Kier alpha value is -3.81. The van der Waals surface area contributed by atoms with Crippen LogP contribution in [0.5, 0.6) is 11.5 Å². The Kier molecular flexibility index (Phi) is 5.26. The van der Waals surface area contributed by atoms with Crippen LogP contribution in [0.15, 0.2) is 53.6 Å². The van der Waals surface area contributed by atoms with Gasteiger partial charge in [0.05, 0.1) is 5.69 Å². The van der Waals surface area contributed by atoms with Crippen LogP contribution in [0.2, 0.25) is 0 Å². The van der Waals surface area contributed by atoms with Gasteiger partial charge in [-0.25, -0.2) is 4.98 Å². The molecule has 32 heavy (non-hydrogen) atoms. The molecular formula is C24H24N4O4. The van der Waals surface area contributed by atoms with E-state index in [9.17, 15) is 9.59 Å². The number of aryl methyl sites for hydroxylation is 1. The molecule has 0 spiro atoms. The summed E-state index contributed by atoms with van der Waals surface area (Å²) in [5.74, 6) is 1.48. The minimum atomic E-state index is -0.294. The Balaban J connectivity index is 1.41. The number of nitrogens with one attached hydrogen (secondary N) is 2. The Morgan fingerprint density at radius 1 is 1.19 bits per heavy atom. The van der Waals surface area contributed by atoms with Crippen LogP contribution in [0.1, 0.15) is 34.3 Å². The Morgan fingerprint density at radius 3 is 2.88 bits per heavy atom. The molecule has 0 unspecified atom stereocenters. The highest BCUT2D eigenvalue weighted by Crippen LogP contribution is 2.33. The highest BCUT2D eigenvalue weighted by Gasteiger charge is 2.24. The summed E-state index contributed by atoms with van der Waals surface area (Å²) >= 11 is 0. The van der Waals surface area contributed by atoms with Crippen molar-refractivity contribution in [2.75, 3.05) is 18.5 Å². The molecule has 8 nitrogen and oxygen atoms in total. The number of aromatic nitrogens is 2. The van der Waals surface area contributed by atoms with Crippen LogP contribution >= 0.6 is 0 Å². The number of hydrogen-bond donors (Lipinski definition) is 2. The van der Waals surface area contributed by atoms with E-state index < -0.39 is 0 Å². The molecule has 2 heterocycles. The topological polar surface area (TPSA) is 94.5 Å². The third kappa shape index (κ3) is 4.03. The number of carbonyl (C=O) groups excluding carboxylic acids is 1. The maximum absolute atomic E-state index is 13.2. The average Bonchev–Trinajstić information content (AvgIpc) is 3.63. The molecule has 164 valence electrons. The van der Waals surface area contributed by atoms with Crippen molar-refractivity contribution in [3.05, 3.63) is 75.8 Å². The molecule has 1 aromatic heterocycles. The molecule has 2 aromatic carbocycles. The first-order valence-electron chi connectivity index (χ1n) is 10.7. The van der Waals surface area contributed by atoms with Gasteiger partial charge in [-0.05, 0) is 43.5 Å². The summed E-state index contributed by atoms with van der Waals surface area (Å²) in [5.41, 5.74) is 2.66. The quantitative estimate of drug-likeness (QED) is 0.622. The van der Waals surface area contributed by atoms with Crippen molar-refractivity contribution in [1.82, 2.24) is 14.9 Å². The summed E-state index contributed by atoms with van der Waals surface area (Å²) < 4.78 is 12.9. The number of hydrogen-bond acceptors (Lipinski definition) is 6. The summed E-state index contributed by atoms with van der Waals surface area (Å²) in [6, 6.07) is 11.3. The zero-order valence-corrected chi connectivity index (χ0v) is 17.8. The number of amides is 1. The molecule has 1 aliphatic carbocycles. The van der Waals surface area contributed by atoms with Gasteiger partial charge in [0.2, 0.25) is 0 Å². The van der Waals surface area contributed by atoms with Crippen LogP contribution in [-0.2, 0) is 6.54 Å². The van der Waals surface area contributed by atoms with Crippen molar-refractivity contribution in [2.45, 2.75) is 32.4 Å². The molecule has 0 radical (unpaired) electrons. The predicted molar refractivity (Wildman–Crippen MR) is 120 cm³/mol. The maximum Gasteiger partial charge on any atom is 0.297 e. The molecule has 0 saturated heterocycles. The molecule has 8 heteroatoms. The highest BCUT2D eigenvalue weighted by molar-refractivity contribution is 5.95. The second kappa shape index (κ2) is 8.37. The summed E-state index contributed by atoms with van der Waals surface area (Å²) in [7, 11) is 0. The van der Waals surface area contributed by atoms with E-state index in [1.165, 1.54) is 4.57 Å². The first kappa shape index (κ1) is 20.1. The van der Waals surface area contributed by atoms with Crippen molar-refractivity contribution in [1.29, 1.82) is 0 Å². The van der Waals surface area contributed by atoms with Gasteiger partial charge in [0.15, 0.2) is 17.3 Å². The van der Waals surface area contributed by atoms with Gasteiger partial charge in [-0.2, -0.15) is 0 Å². The number of benzene rings is 2. The average molecular weight is 432 g/mol. The molecule has 3 aromatic rings. The van der Waals surface area contributed by atoms with Crippen molar-refractivity contribution in [2.24, 2.45) is 0 Å². The van der Waals surface area contributed by atoms with Crippen LogP contribution in [0.4, 0.5) is 5.82 Å². The van der Waals surface area contributed by atoms with Crippen LogP contribution in [0, 0.1) is 6.92 Å². The minimum absolute atomic E-state index is 0.120. The molecule has 1 fully saturated rings. The zero-order valence-electron chi connectivity index (χ0n) is 17.8. The fourth-order valence-corrected chi connectivity index (χ4v) is 3.68. The first-order valence-corrected chi connectivity index (χ1v) is 10.7. The molecule has 0 atom stereocenters. The van der Waals surface area contributed by atoms with Crippen molar-refractivity contribution >= 4 is 11.7 Å². The summed E-state index contributed by atoms with van der Waals surface area (Å²) in [4.78, 5) is 29.9. The van der Waals surface area contributed by atoms with Crippen molar-refractivity contribution in [3.8, 4) is 17.2 Å². The number of ether oxygens (including phenoxy) is 2. The van der Waals surface area contributed by atoms with E-state index in [0.717, 1.165) is 24.0 Å². The second-order valence-electron chi connectivity index (χ2n) is 7.99. The van der Waals surface area contributed by atoms with E-state index in [4.69, 9.17) is 9.47 Å². The van der Waals surface area contributed by atoms with Crippen LogP contribution in [-0.4, -0.2) is 34.7 Å². The minimum Gasteiger partial charge on any atom is -0.486 e. The van der Waals surface area contributed by atoms with Gasteiger partial charge >= 0.3 is 0 Å². The van der Waals surface area contributed by atoms with E-state index in [1.807, 2.05) is 31.2 Å². The van der Waals surface area contributed by atoms with E-state index in [1.54, 1.807) is 24.5 Å². The van der Waals surface area contributed by atoms with Gasteiger partial charge < -0.3 is 20.1 Å². The summed E-state index contributed by atoms with van der Waals surface area (Å²) in [5, 5.41) is 6.11. The van der Waals surface area contributed by atoms with Gasteiger partial charge in [0.25, 0.3) is 11.5 Å². The number of para-hydroxylation sites is 1. The number of rotatable bonds is 6. The highest BCUT2D eigenvalue weighted by atomic mass is 16.6. The van der Waals surface area contributed by atoms with Gasteiger partial charge in [0.1, 0.15) is 13.2 Å². The lowest BCUT2D eigenvalue weighted by molar-refractivity contribution is 0.0951. The number of nitrogens with zero attached hydrogens (tertiary/aromatic N) is 2. The molecule has 1 saturated carbocycles. The van der Waals surface area contributed by atoms with Gasteiger partial charge in [-0.3, -0.25) is 14.2 Å². The molecule has 1 amide bonds. The third-order valence-corrected chi connectivity index (χ3v) is 5.58. The number of anilines is 1. The Labute approximate surface area is 185 Å². The van der Waals surface area contributed by atoms with Crippen LogP contribution in [0.3, 0.4) is 0 Å². The fraction of sp³-hybridized carbons (Fsp3) is 0.292. The number of carbonyl (C=O) groups is 1. The Morgan fingerprint density at radius 2 is 2.03 bits per heavy atom. The largest absolute Gasteiger partial charge is 0.486 e. The van der Waals surface area contributed by atoms with E-state index in [2.05, 4.69) is 15.6 Å². The van der Waals surface area contributed by atoms with Gasteiger partial charge in [0, 0.05) is 36.1 Å². The molecule has 5 rings (SSSR count). The third-order valence-electron chi connectivity index (χ3n) is 5.58.